The van der Waals surface area contributed by atoms with Crippen molar-refractivity contribution in [2.24, 2.45) is 0 Å². The van der Waals surface area contributed by atoms with Crippen molar-refractivity contribution >= 4 is 31.6 Å². The van der Waals surface area contributed by atoms with E-state index in [0.29, 0.717) is 19.0 Å². The van der Waals surface area contributed by atoms with Gasteiger partial charge in [-0.05, 0) is 35.0 Å². The van der Waals surface area contributed by atoms with Crippen molar-refractivity contribution in [3.8, 4) is 0 Å². The maximum atomic E-state index is 13.5. The van der Waals surface area contributed by atoms with Gasteiger partial charge in [0.25, 0.3) is 0 Å². The number of anilines is 1. The predicted octanol–water partition coefficient (Wildman–Crippen LogP) is 2.86. The SMILES string of the molecule is CC(C)NCCCS(=O)(=O)Nc1c(F)cc(F)cc1Br. The van der Waals surface area contributed by atoms with Crippen molar-refractivity contribution in [2.45, 2.75) is 26.3 Å². The lowest BCUT2D eigenvalue weighted by molar-refractivity contribution is 0.569. The molecule has 0 aliphatic carbocycles. The molecule has 0 saturated carbocycles. The molecule has 1 aromatic rings. The fourth-order valence-electron chi connectivity index (χ4n) is 1.50. The Kier molecular flexibility index (Phi) is 6.35. The fraction of sp³-hybridized carbons (Fsp3) is 0.500. The largest absolute Gasteiger partial charge is 0.314 e. The molecule has 0 saturated heterocycles. The molecule has 0 aromatic heterocycles. The third-order valence-corrected chi connectivity index (χ3v) is 4.37. The fourth-order valence-corrected chi connectivity index (χ4v) is 3.28. The first kappa shape index (κ1) is 17.3. The summed E-state index contributed by atoms with van der Waals surface area (Å²) in [6.07, 6.45) is 0.397. The van der Waals surface area contributed by atoms with Crippen LogP contribution >= 0.6 is 15.9 Å². The second-order valence-corrected chi connectivity index (χ2v) is 7.32. The summed E-state index contributed by atoms with van der Waals surface area (Å²) in [5, 5.41) is 3.09. The maximum Gasteiger partial charge on any atom is 0.232 e. The van der Waals surface area contributed by atoms with Crippen molar-refractivity contribution in [1.82, 2.24) is 5.32 Å². The van der Waals surface area contributed by atoms with Gasteiger partial charge < -0.3 is 5.32 Å². The van der Waals surface area contributed by atoms with Crippen molar-refractivity contribution in [1.29, 1.82) is 0 Å². The van der Waals surface area contributed by atoms with E-state index in [1.165, 1.54) is 0 Å². The van der Waals surface area contributed by atoms with Crippen LogP contribution in [0.2, 0.25) is 0 Å². The number of halogens is 3. The predicted molar refractivity (Wildman–Crippen MR) is 79.2 cm³/mol. The monoisotopic (exact) mass is 370 g/mol. The van der Waals surface area contributed by atoms with Crippen molar-refractivity contribution < 1.29 is 17.2 Å². The van der Waals surface area contributed by atoms with Crippen LogP contribution in [-0.2, 0) is 10.0 Å². The maximum absolute atomic E-state index is 13.5. The number of rotatable bonds is 7. The van der Waals surface area contributed by atoms with Gasteiger partial charge in [-0.3, -0.25) is 4.72 Å². The van der Waals surface area contributed by atoms with E-state index in [1.807, 2.05) is 13.8 Å². The molecule has 114 valence electrons. The quantitative estimate of drug-likeness (QED) is 0.725. The highest BCUT2D eigenvalue weighted by atomic mass is 79.9. The average Bonchev–Trinajstić information content (AvgIpc) is 2.29. The van der Waals surface area contributed by atoms with E-state index < -0.39 is 21.7 Å². The smallest absolute Gasteiger partial charge is 0.232 e. The Morgan fingerprint density at radius 1 is 1.30 bits per heavy atom. The molecule has 0 radical (unpaired) electrons. The molecule has 0 unspecified atom stereocenters. The number of hydrogen-bond acceptors (Lipinski definition) is 3. The van der Waals surface area contributed by atoms with Crippen LogP contribution < -0.4 is 10.0 Å². The second kappa shape index (κ2) is 7.33. The van der Waals surface area contributed by atoms with Crippen LogP contribution in [0.1, 0.15) is 20.3 Å². The van der Waals surface area contributed by atoms with E-state index in [1.54, 1.807) is 0 Å². The average molecular weight is 371 g/mol. The van der Waals surface area contributed by atoms with Gasteiger partial charge in [0.15, 0.2) is 5.82 Å². The van der Waals surface area contributed by atoms with Crippen LogP contribution in [0.15, 0.2) is 16.6 Å². The highest BCUT2D eigenvalue weighted by Crippen LogP contribution is 2.27. The first-order valence-corrected chi connectivity index (χ1v) is 8.54. The van der Waals surface area contributed by atoms with Crippen LogP contribution in [0.4, 0.5) is 14.5 Å². The molecule has 0 spiro atoms. The van der Waals surface area contributed by atoms with E-state index in [0.717, 1.165) is 6.07 Å². The molecular weight excluding hydrogens is 354 g/mol. The number of sulfonamides is 1. The zero-order valence-electron chi connectivity index (χ0n) is 11.2. The summed E-state index contributed by atoms with van der Waals surface area (Å²) in [6.45, 7) is 4.46. The summed E-state index contributed by atoms with van der Waals surface area (Å²) in [6, 6.07) is 1.90. The Morgan fingerprint density at radius 3 is 2.50 bits per heavy atom. The minimum atomic E-state index is -3.67. The molecule has 1 aromatic carbocycles. The van der Waals surface area contributed by atoms with Crippen molar-refractivity contribution in [2.75, 3.05) is 17.0 Å². The standard InChI is InChI=1S/C12H17BrF2N2O2S/c1-8(2)16-4-3-5-20(18,19)17-12-10(13)6-9(14)7-11(12)15/h6-8,16-17H,3-5H2,1-2H3. The van der Waals surface area contributed by atoms with Crippen molar-refractivity contribution in [3.63, 3.8) is 0 Å². The van der Waals surface area contributed by atoms with Gasteiger partial charge in [0.05, 0.1) is 11.4 Å². The molecule has 1 rings (SSSR count). The molecule has 0 amide bonds. The highest BCUT2D eigenvalue weighted by Gasteiger charge is 2.16. The molecular formula is C12H17BrF2N2O2S. The second-order valence-electron chi connectivity index (χ2n) is 4.63. The summed E-state index contributed by atoms with van der Waals surface area (Å²) in [7, 11) is -3.67. The summed E-state index contributed by atoms with van der Waals surface area (Å²) in [4.78, 5) is 0. The molecule has 0 fully saturated rings. The van der Waals surface area contributed by atoms with Crippen LogP contribution in [0, 0.1) is 11.6 Å². The summed E-state index contributed by atoms with van der Waals surface area (Å²) in [5.74, 6) is -1.88. The first-order valence-electron chi connectivity index (χ1n) is 6.09. The molecule has 8 heteroatoms. The Labute approximate surface area is 126 Å². The normalized spacial score (nSPS) is 11.9. The van der Waals surface area contributed by atoms with Crippen LogP contribution in [0.5, 0.6) is 0 Å². The lowest BCUT2D eigenvalue weighted by Gasteiger charge is -2.12. The topological polar surface area (TPSA) is 58.2 Å². The Morgan fingerprint density at radius 2 is 1.95 bits per heavy atom. The number of nitrogens with one attached hydrogen (secondary N) is 2. The van der Waals surface area contributed by atoms with E-state index in [9.17, 15) is 17.2 Å². The van der Waals surface area contributed by atoms with Crippen molar-refractivity contribution in [3.05, 3.63) is 28.2 Å². The summed E-state index contributed by atoms with van der Waals surface area (Å²) < 4.78 is 52.2. The third-order valence-electron chi connectivity index (χ3n) is 2.41. The summed E-state index contributed by atoms with van der Waals surface area (Å²) in [5.41, 5.74) is -0.275. The Hall–Kier alpha value is -0.730. The van der Waals surface area contributed by atoms with Gasteiger partial charge in [0.2, 0.25) is 10.0 Å². The van der Waals surface area contributed by atoms with Crippen LogP contribution in [0.3, 0.4) is 0 Å². The van der Waals surface area contributed by atoms with Gasteiger partial charge in [-0.2, -0.15) is 0 Å². The van der Waals surface area contributed by atoms with Gasteiger partial charge >= 0.3 is 0 Å². The minimum Gasteiger partial charge on any atom is -0.314 e. The molecule has 0 aliphatic rings. The molecule has 0 atom stereocenters. The van der Waals surface area contributed by atoms with Gasteiger partial charge in [-0.25, -0.2) is 17.2 Å². The zero-order valence-corrected chi connectivity index (χ0v) is 13.6. The lowest BCUT2D eigenvalue weighted by atomic mass is 10.3. The summed E-state index contributed by atoms with van der Waals surface area (Å²) >= 11 is 2.93. The van der Waals surface area contributed by atoms with Gasteiger partial charge in [0, 0.05) is 16.6 Å². The molecule has 0 aliphatic heterocycles. The Balaban J connectivity index is 2.67. The Bertz CT molecular complexity index is 542. The van der Waals surface area contributed by atoms with E-state index in [2.05, 4.69) is 26.0 Å². The minimum absolute atomic E-state index is 0.0267. The third kappa shape index (κ3) is 5.72. The molecule has 4 nitrogen and oxygen atoms in total. The number of benzene rings is 1. The highest BCUT2D eigenvalue weighted by molar-refractivity contribution is 9.10. The molecule has 0 bridgehead atoms. The molecule has 2 N–H and O–H groups in total. The first-order chi connectivity index (χ1) is 9.21. The van der Waals surface area contributed by atoms with Crippen LogP contribution in [0.25, 0.3) is 0 Å². The van der Waals surface area contributed by atoms with Crippen LogP contribution in [-0.4, -0.2) is 26.8 Å². The molecule has 0 heterocycles. The number of hydrogen-bond donors (Lipinski definition) is 2. The van der Waals surface area contributed by atoms with Gasteiger partial charge in [0.1, 0.15) is 5.82 Å². The van der Waals surface area contributed by atoms with Gasteiger partial charge in [-0.1, -0.05) is 13.8 Å². The van der Waals surface area contributed by atoms with E-state index >= 15 is 0 Å². The lowest BCUT2D eigenvalue weighted by Crippen LogP contribution is -2.26. The zero-order chi connectivity index (χ0) is 15.3. The molecule has 20 heavy (non-hydrogen) atoms. The van der Waals surface area contributed by atoms with Gasteiger partial charge in [-0.15, -0.1) is 0 Å². The van der Waals surface area contributed by atoms with E-state index in [-0.39, 0.29) is 22.0 Å². The van der Waals surface area contributed by atoms with E-state index in [4.69, 9.17) is 0 Å².